The summed E-state index contributed by atoms with van der Waals surface area (Å²) in [6, 6.07) is 27.9. The maximum absolute atomic E-state index is 5.85. The molecule has 3 heterocycles. The second kappa shape index (κ2) is 10.3. The van der Waals surface area contributed by atoms with Gasteiger partial charge in [-0.05, 0) is 48.5 Å². The highest BCUT2D eigenvalue weighted by Gasteiger charge is 2.11. The van der Waals surface area contributed by atoms with Gasteiger partial charge < -0.3 is 4.74 Å². The Morgan fingerprint density at radius 1 is 0.567 bits per heavy atom. The third kappa shape index (κ3) is 5.96. The van der Waals surface area contributed by atoms with Crippen molar-refractivity contribution >= 4 is 0 Å². The zero-order valence-electron chi connectivity index (χ0n) is 16.8. The Bertz CT molecular complexity index is 985. The minimum absolute atomic E-state index is 0.443. The Morgan fingerprint density at radius 3 is 1.77 bits per heavy atom. The van der Waals surface area contributed by atoms with E-state index in [2.05, 4.69) is 20.9 Å². The zero-order valence-corrected chi connectivity index (χ0v) is 16.8. The molecule has 1 aromatic carbocycles. The molecule has 4 rings (SSSR count). The van der Waals surface area contributed by atoms with Crippen LogP contribution in [0.3, 0.4) is 0 Å². The first-order chi connectivity index (χ1) is 14.8. The lowest BCUT2D eigenvalue weighted by Crippen LogP contribution is -2.24. The summed E-state index contributed by atoms with van der Waals surface area (Å²) >= 11 is 0. The van der Waals surface area contributed by atoms with E-state index in [-0.39, 0.29) is 0 Å². The second-order valence-electron chi connectivity index (χ2n) is 7.01. The van der Waals surface area contributed by atoms with Crippen molar-refractivity contribution in [3.05, 3.63) is 120 Å². The first-order valence-corrected chi connectivity index (χ1v) is 10.00. The number of ether oxygens (including phenoxy) is 1. The van der Waals surface area contributed by atoms with Crippen LogP contribution < -0.4 is 4.74 Å². The molecular formula is C25H24N4O. The van der Waals surface area contributed by atoms with Crippen molar-refractivity contribution in [1.29, 1.82) is 0 Å². The molecule has 0 unspecified atom stereocenters. The van der Waals surface area contributed by atoms with Gasteiger partial charge in [-0.1, -0.05) is 36.4 Å². The van der Waals surface area contributed by atoms with Gasteiger partial charge in [-0.15, -0.1) is 0 Å². The third-order valence-corrected chi connectivity index (χ3v) is 4.60. The lowest BCUT2D eigenvalue weighted by Gasteiger charge is -2.21. The summed E-state index contributed by atoms with van der Waals surface area (Å²) < 4.78 is 5.85. The Kier molecular flexibility index (Phi) is 6.76. The summed E-state index contributed by atoms with van der Waals surface area (Å²) in [6.45, 7) is 2.60. The normalized spacial score (nSPS) is 10.8. The molecule has 0 amide bonds. The molecule has 0 bridgehead atoms. The largest absolute Gasteiger partial charge is 0.487 e. The molecule has 5 nitrogen and oxygen atoms in total. The first kappa shape index (κ1) is 19.7. The number of benzene rings is 1. The van der Waals surface area contributed by atoms with Crippen LogP contribution in [0.4, 0.5) is 0 Å². The number of nitrogens with zero attached hydrogens (tertiary/aromatic N) is 4. The van der Waals surface area contributed by atoms with Gasteiger partial charge in [0.15, 0.2) is 0 Å². The fourth-order valence-corrected chi connectivity index (χ4v) is 3.21. The van der Waals surface area contributed by atoms with E-state index < -0.39 is 0 Å². The standard InChI is InChI=1S/C25H24N4O/c1-2-13-25(14-3-1)30-20-24-12-8-11-23(28-24)19-29(17-21-9-4-6-15-26-21)18-22-10-5-7-16-27-22/h1-16H,17-20H2. The molecule has 0 aliphatic rings. The van der Waals surface area contributed by atoms with Crippen LogP contribution in [0.1, 0.15) is 22.8 Å². The Hall–Kier alpha value is -3.57. The Labute approximate surface area is 177 Å². The average Bonchev–Trinajstić information content (AvgIpc) is 2.80. The molecule has 30 heavy (non-hydrogen) atoms. The Balaban J connectivity index is 1.46. The van der Waals surface area contributed by atoms with Crippen LogP contribution in [0.15, 0.2) is 97.3 Å². The van der Waals surface area contributed by atoms with E-state index in [1.807, 2.05) is 91.3 Å². The van der Waals surface area contributed by atoms with E-state index in [1.165, 1.54) is 0 Å². The van der Waals surface area contributed by atoms with E-state index in [4.69, 9.17) is 9.72 Å². The van der Waals surface area contributed by atoms with E-state index in [1.54, 1.807) is 0 Å². The van der Waals surface area contributed by atoms with Crippen LogP contribution in [0, 0.1) is 0 Å². The molecule has 0 saturated carbocycles. The molecule has 0 atom stereocenters. The molecule has 0 fully saturated rings. The molecule has 0 N–H and O–H groups in total. The van der Waals surface area contributed by atoms with E-state index in [9.17, 15) is 0 Å². The molecule has 0 aliphatic heterocycles. The topological polar surface area (TPSA) is 51.1 Å². The lowest BCUT2D eigenvalue weighted by molar-refractivity contribution is 0.237. The maximum Gasteiger partial charge on any atom is 0.130 e. The number of aromatic nitrogens is 3. The summed E-state index contributed by atoms with van der Waals surface area (Å²) in [5, 5.41) is 0. The third-order valence-electron chi connectivity index (χ3n) is 4.60. The van der Waals surface area contributed by atoms with Crippen molar-refractivity contribution in [2.45, 2.75) is 26.2 Å². The predicted octanol–water partition coefficient (Wildman–Crippen LogP) is 4.65. The van der Waals surface area contributed by atoms with Gasteiger partial charge in [-0.25, -0.2) is 0 Å². The minimum atomic E-state index is 0.443. The SMILES string of the molecule is c1ccc(OCc2cccc(CN(Cc3ccccn3)Cc3ccccn3)n2)cc1. The fourth-order valence-electron chi connectivity index (χ4n) is 3.21. The van der Waals surface area contributed by atoms with Crippen LogP contribution in [0.25, 0.3) is 0 Å². The van der Waals surface area contributed by atoms with Gasteiger partial charge in [0.2, 0.25) is 0 Å². The van der Waals surface area contributed by atoms with Gasteiger partial charge in [0.1, 0.15) is 12.4 Å². The number of rotatable bonds is 9. The van der Waals surface area contributed by atoms with Gasteiger partial charge in [0, 0.05) is 32.0 Å². The second-order valence-corrected chi connectivity index (χ2v) is 7.01. The monoisotopic (exact) mass is 396 g/mol. The molecular weight excluding hydrogens is 372 g/mol. The predicted molar refractivity (Wildman–Crippen MR) is 116 cm³/mol. The molecule has 5 heteroatoms. The van der Waals surface area contributed by atoms with Crippen molar-refractivity contribution in [2.24, 2.45) is 0 Å². The first-order valence-electron chi connectivity index (χ1n) is 10.00. The van der Waals surface area contributed by atoms with Crippen molar-refractivity contribution in [3.63, 3.8) is 0 Å². The highest BCUT2D eigenvalue weighted by molar-refractivity contribution is 5.21. The van der Waals surface area contributed by atoms with Gasteiger partial charge >= 0.3 is 0 Å². The number of pyridine rings is 3. The number of hydrogen-bond acceptors (Lipinski definition) is 5. The van der Waals surface area contributed by atoms with Gasteiger partial charge in [0.25, 0.3) is 0 Å². The van der Waals surface area contributed by atoms with Crippen LogP contribution in [0.2, 0.25) is 0 Å². The van der Waals surface area contributed by atoms with Crippen LogP contribution >= 0.6 is 0 Å². The summed E-state index contributed by atoms with van der Waals surface area (Å²) in [5.74, 6) is 0.844. The average molecular weight is 396 g/mol. The number of para-hydroxylation sites is 1. The molecule has 0 radical (unpaired) electrons. The molecule has 4 aromatic rings. The molecule has 0 spiro atoms. The van der Waals surface area contributed by atoms with Crippen molar-refractivity contribution in [1.82, 2.24) is 19.9 Å². The number of hydrogen-bond donors (Lipinski definition) is 0. The molecule has 0 saturated heterocycles. The zero-order chi connectivity index (χ0) is 20.4. The van der Waals surface area contributed by atoms with Crippen LogP contribution in [-0.2, 0) is 26.2 Å². The smallest absolute Gasteiger partial charge is 0.130 e. The van der Waals surface area contributed by atoms with Crippen molar-refractivity contribution in [3.8, 4) is 5.75 Å². The molecule has 0 aliphatic carbocycles. The van der Waals surface area contributed by atoms with Crippen molar-refractivity contribution < 1.29 is 4.74 Å². The fraction of sp³-hybridized carbons (Fsp3) is 0.160. The maximum atomic E-state index is 5.85. The van der Waals surface area contributed by atoms with Crippen LogP contribution in [0.5, 0.6) is 5.75 Å². The van der Waals surface area contributed by atoms with Gasteiger partial charge in [-0.2, -0.15) is 0 Å². The summed E-state index contributed by atoms with van der Waals surface area (Å²) in [7, 11) is 0. The van der Waals surface area contributed by atoms with Gasteiger partial charge in [-0.3, -0.25) is 19.9 Å². The van der Waals surface area contributed by atoms with Gasteiger partial charge in [0.05, 0.1) is 22.8 Å². The summed E-state index contributed by atoms with van der Waals surface area (Å²) in [4.78, 5) is 16.1. The molecule has 150 valence electrons. The molecule has 3 aromatic heterocycles. The Morgan fingerprint density at radius 2 is 1.13 bits per heavy atom. The highest BCUT2D eigenvalue weighted by atomic mass is 16.5. The van der Waals surface area contributed by atoms with E-state index in [0.29, 0.717) is 13.2 Å². The van der Waals surface area contributed by atoms with Crippen LogP contribution in [-0.4, -0.2) is 19.9 Å². The summed E-state index contributed by atoms with van der Waals surface area (Å²) in [6.07, 6.45) is 3.65. The quantitative estimate of drug-likeness (QED) is 0.412. The lowest BCUT2D eigenvalue weighted by atomic mass is 10.2. The summed E-state index contributed by atoms with van der Waals surface area (Å²) in [5.41, 5.74) is 3.96. The van der Waals surface area contributed by atoms with E-state index in [0.717, 1.165) is 41.6 Å². The van der Waals surface area contributed by atoms with Crippen molar-refractivity contribution in [2.75, 3.05) is 0 Å². The van der Waals surface area contributed by atoms with E-state index >= 15 is 0 Å². The minimum Gasteiger partial charge on any atom is -0.487 e. The highest BCUT2D eigenvalue weighted by Crippen LogP contribution is 2.14.